The van der Waals surface area contributed by atoms with Gasteiger partial charge in [0.2, 0.25) is 5.91 Å². The molecule has 8 heteroatoms. The van der Waals surface area contributed by atoms with Crippen molar-refractivity contribution in [3.63, 3.8) is 0 Å². The van der Waals surface area contributed by atoms with Crippen molar-refractivity contribution in [2.24, 2.45) is 0 Å². The summed E-state index contributed by atoms with van der Waals surface area (Å²) in [7, 11) is 0. The summed E-state index contributed by atoms with van der Waals surface area (Å²) in [5.74, 6) is 0.983. The summed E-state index contributed by atoms with van der Waals surface area (Å²) < 4.78 is 16.0. The number of nitrogens with one attached hydrogen (secondary N) is 3. The number of benzene rings is 2. The van der Waals surface area contributed by atoms with Gasteiger partial charge in [0.25, 0.3) is 0 Å². The summed E-state index contributed by atoms with van der Waals surface area (Å²) in [4.78, 5) is 24.2. The molecule has 0 spiro atoms. The van der Waals surface area contributed by atoms with Gasteiger partial charge in [0, 0.05) is 17.4 Å². The van der Waals surface area contributed by atoms with Gasteiger partial charge < -0.3 is 24.8 Å². The molecule has 3 N–H and O–H groups in total. The molecule has 0 aliphatic rings. The van der Waals surface area contributed by atoms with Gasteiger partial charge in [0.05, 0.1) is 32.1 Å². The van der Waals surface area contributed by atoms with Gasteiger partial charge >= 0.3 is 6.09 Å². The molecule has 0 fully saturated rings. The molecule has 0 aliphatic carbocycles. The third-order valence-electron chi connectivity index (χ3n) is 4.12. The standard InChI is InChI=1S/C22H29N3O5/c1-5-28-16-11-12-20(29-6-2)19(13-16)24-21(26)14-23-17-9-8-10-18(15(17)4)25-22(27)30-7-3/h8-13,23H,5-7,14H2,1-4H3,(H,24,26)(H,25,27). The summed E-state index contributed by atoms with van der Waals surface area (Å²) in [5, 5.41) is 8.63. The van der Waals surface area contributed by atoms with E-state index in [1.807, 2.05) is 26.8 Å². The van der Waals surface area contributed by atoms with Crippen molar-refractivity contribution < 1.29 is 23.8 Å². The quantitative estimate of drug-likeness (QED) is 0.532. The van der Waals surface area contributed by atoms with E-state index in [9.17, 15) is 9.59 Å². The zero-order valence-electron chi connectivity index (χ0n) is 17.8. The van der Waals surface area contributed by atoms with Crippen LogP contribution in [0.15, 0.2) is 36.4 Å². The van der Waals surface area contributed by atoms with Gasteiger partial charge in [-0.2, -0.15) is 0 Å². The molecule has 0 aromatic heterocycles. The average molecular weight is 415 g/mol. The minimum absolute atomic E-state index is 0.0358. The van der Waals surface area contributed by atoms with Crippen LogP contribution in [0.1, 0.15) is 26.3 Å². The first-order valence-electron chi connectivity index (χ1n) is 9.95. The van der Waals surface area contributed by atoms with E-state index < -0.39 is 6.09 Å². The maximum Gasteiger partial charge on any atom is 0.411 e. The summed E-state index contributed by atoms with van der Waals surface area (Å²) in [6.07, 6.45) is -0.520. The molecule has 0 heterocycles. The Morgan fingerprint density at radius 2 is 1.60 bits per heavy atom. The van der Waals surface area contributed by atoms with Gasteiger partial charge in [-0.15, -0.1) is 0 Å². The van der Waals surface area contributed by atoms with E-state index in [0.717, 1.165) is 11.3 Å². The molecule has 0 aliphatic heterocycles. The fourth-order valence-corrected chi connectivity index (χ4v) is 2.75. The maximum absolute atomic E-state index is 12.5. The van der Waals surface area contributed by atoms with Crippen molar-refractivity contribution in [1.82, 2.24) is 0 Å². The molecule has 30 heavy (non-hydrogen) atoms. The van der Waals surface area contributed by atoms with E-state index in [2.05, 4.69) is 16.0 Å². The highest BCUT2D eigenvalue weighted by Crippen LogP contribution is 2.29. The monoisotopic (exact) mass is 415 g/mol. The maximum atomic E-state index is 12.5. The van der Waals surface area contributed by atoms with E-state index in [1.165, 1.54) is 0 Å². The summed E-state index contributed by atoms with van der Waals surface area (Å²) >= 11 is 0. The second-order valence-electron chi connectivity index (χ2n) is 6.25. The van der Waals surface area contributed by atoms with Crippen molar-refractivity contribution in [1.29, 1.82) is 0 Å². The molecule has 0 atom stereocenters. The number of rotatable bonds is 10. The van der Waals surface area contributed by atoms with Crippen LogP contribution >= 0.6 is 0 Å². The van der Waals surface area contributed by atoms with Crippen LogP contribution < -0.4 is 25.4 Å². The molecule has 2 rings (SSSR count). The Morgan fingerprint density at radius 3 is 2.30 bits per heavy atom. The van der Waals surface area contributed by atoms with Crippen LogP contribution in [0.25, 0.3) is 0 Å². The minimum atomic E-state index is -0.520. The topological polar surface area (TPSA) is 97.9 Å². The van der Waals surface area contributed by atoms with Gasteiger partial charge in [-0.3, -0.25) is 10.1 Å². The van der Waals surface area contributed by atoms with Gasteiger partial charge in [0.15, 0.2) is 0 Å². The summed E-state index contributed by atoms with van der Waals surface area (Å²) in [6, 6.07) is 10.7. The number of hydrogen-bond acceptors (Lipinski definition) is 6. The Labute approximate surface area is 176 Å². The number of amides is 2. The van der Waals surface area contributed by atoms with Crippen LogP contribution in [-0.2, 0) is 9.53 Å². The van der Waals surface area contributed by atoms with E-state index >= 15 is 0 Å². The SMILES string of the molecule is CCOC(=O)Nc1cccc(NCC(=O)Nc2cc(OCC)ccc2OCC)c1C. The molecule has 2 aromatic carbocycles. The Morgan fingerprint density at radius 1 is 0.867 bits per heavy atom. The van der Waals surface area contributed by atoms with Crippen molar-refractivity contribution in [2.75, 3.05) is 42.3 Å². The highest BCUT2D eigenvalue weighted by Gasteiger charge is 2.12. The van der Waals surface area contributed by atoms with E-state index in [-0.39, 0.29) is 19.1 Å². The van der Waals surface area contributed by atoms with Gasteiger partial charge in [-0.1, -0.05) is 6.07 Å². The smallest absolute Gasteiger partial charge is 0.411 e. The van der Waals surface area contributed by atoms with Gasteiger partial charge in [-0.05, 0) is 57.5 Å². The van der Waals surface area contributed by atoms with Crippen LogP contribution in [-0.4, -0.2) is 38.4 Å². The third kappa shape index (κ3) is 6.58. The Kier molecular flexibility index (Phi) is 8.80. The van der Waals surface area contributed by atoms with Crippen molar-refractivity contribution >= 4 is 29.1 Å². The summed E-state index contributed by atoms with van der Waals surface area (Å²) in [5.41, 5.74) is 2.69. The molecule has 0 saturated heterocycles. The van der Waals surface area contributed by atoms with Crippen LogP contribution in [0.4, 0.5) is 21.9 Å². The van der Waals surface area contributed by atoms with E-state index in [1.54, 1.807) is 37.3 Å². The molecule has 0 saturated carbocycles. The Hall–Kier alpha value is -3.42. The molecule has 0 radical (unpaired) electrons. The number of anilines is 3. The van der Waals surface area contributed by atoms with Crippen LogP contribution in [0, 0.1) is 6.92 Å². The zero-order valence-corrected chi connectivity index (χ0v) is 17.8. The minimum Gasteiger partial charge on any atom is -0.494 e. The fraction of sp³-hybridized carbons (Fsp3) is 0.364. The van der Waals surface area contributed by atoms with Crippen molar-refractivity contribution in [2.45, 2.75) is 27.7 Å². The van der Waals surface area contributed by atoms with Crippen LogP contribution in [0.3, 0.4) is 0 Å². The highest BCUT2D eigenvalue weighted by molar-refractivity contribution is 5.95. The van der Waals surface area contributed by atoms with Crippen LogP contribution in [0.5, 0.6) is 11.5 Å². The Bertz CT molecular complexity index is 870. The largest absolute Gasteiger partial charge is 0.494 e. The first-order chi connectivity index (χ1) is 14.5. The lowest BCUT2D eigenvalue weighted by molar-refractivity contribution is -0.114. The lowest BCUT2D eigenvalue weighted by atomic mass is 10.1. The van der Waals surface area contributed by atoms with Crippen molar-refractivity contribution in [3.05, 3.63) is 42.0 Å². The lowest BCUT2D eigenvalue weighted by Crippen LogP contribution is -2.23. The van der Waals surface area contributed by atoms with Gasteiger partial charge in [0.1, 0.15) is 11.5 Å². The number of carbonyl (C=O) groups excluding carboxylic acids is 2. The molecular formula is C22H29N3O5. The molecule has 0 unspecified atom stereocenters. The highest BCUT2D eigenvalue weighted by atomic mass is 16.5. The number of hydrogen-bond donors (Lipinski definition) is 3. The Balaban J connectivity index is 2.04. The molecular weight excluding hydrogens is 386 g/mol. The van der Waals surface area contributed by atoms with E-state index in [4.69, 9.17) is 14.2 Å². The normalized spacial score (nSPS) is 10.1. The van der Waals surface area contributed by atoms with Crippen molar-refractivity contribution in [3.8, 4) is 11.5 Å². The molecule has 2 amide bonds. The summed E-state index contributed by atoms with van der Waals surface area (Å²) in [6.45, 7) is 8.69. The second-order valence-corrected chi connectivity index (χ2v) is 6.25. The van der Waals surface area contributed by atoms with Crippen LogP contribution in [0.2, 0.25) is 0 Å². The molecule has 0 bridgehead atoms. The predicted molar refractivity (Wildman–Crippen MR) is 118 cm³/mol. The third-order valence-corrected chi connectivity index (χ3v) is 4.12. The number of ether oxygens (including phenoxy) is 3. The van der Waals surface area contributed by atoms with E-state index in [0.29, 0.717) is 36.1 Å². The number of carbonyl (C=O) groups is 2. The fourth-order valence-electron chi connectivity index (χ4n) is 2.75. The lowest BCUT2D eigenvalue weighted by Gasteiger charge is -2.16. The first kappa shape index (κ1) is 22.9. The van der Waals surface area contributed by atoms with Gasteiger partial charge in [-0.25, -0.2) is 4.79 Å². The molecule has 162 valence electrons. The first-order valence-corrected chi connectivity index (χ1v) is 9.95. The average Bonchev–Trinajstić information content (AvgIpc) is 2.71. The molecule has 2 aromatic rings. The predicted octanol–water partition coefficient (Wildman–Crippen LogP) is 4.41. The molecule has 8 nitrogen and oxygen atoms in total. The second kappa shape index (κ2) is 11.5. The zero-order chi connectivity index (χ0) is 21.9.